The number of nitrogens with zero attached hydrogens (tertiary/aromatic N) is 2. The number of hydrogen-bond donors (Lipinski definition) is 0. The highest BCUT2D eigenvalue weighted by atomic mass is 127. The second-order valence-electron chi connectivity index (χ2n) is 4.22. The van der Waals surface area contributed by atoms with Gasteiger partial charge in [-0.15, -0.1) is 0 Å². The Morgan fingerprint density at radius 2 is 1.85 bits per heavy atom. The van der Waals surface area contributed by atoms with Crippen LogP contribution in [-0.4, -0.2) is 21.6 Å². The Morgan fingerprint density at radius 1 is 1.20 bits per heavy atom. The number of hydrogen-bond acceptors (Lipinski definition) is 4. The second kappa shape index (κ2) is 5.39. The van der Waals surface area contributed by atoms with Crippen LogP contribution in [0.3, 0.4) is 0 Å². The number of rotatable bonds is 3. The van der Waals surface area contributed by atoms with E-state index in [4.69, 9.17) is 4.74 Å². The first-order valence-corrected chi connectivity index (χ1v) is 7.09. The third-order valence-electron chi connectivity index (χ3n) is 3.02. The van der Waals surface area contributed by atoms with E-state index in [2.05, 4.69) is 0 Å². The lowest BCUT2D eigenvalue weighted by Gasteiger charge is -1.96. The third kappa shape index (κ3) is 2.15. The van der Waals surface area contributed by atoms with Crippen molar-refractivity contribution in [2.75, 3.05) is 6.61 Å². The highest BCUT2D eigenvalue weighted by Gasteiger charge is 2.19. The van der Waals surface area contributed by atoms with Crippen LogP contribution < -0.4 is 11.1 Å². The summed E-state index contributed by atoms with van der Waals surface area (Å²) in [7, 11) is 0. The van der Waals surface area contributed by atoms with Gasteiger partial charge in [-0.05, 0) is 49.4 Å². The highest BCUT2D eigenvalue weighted by molar-refractivity contribution is 14.1. The van der Waals surface area contributed by atoms with Crippen molar-refractivity contribution in [2.24, 2.45) is 0 Å². The summed E-state index contributed by atoms with van der Waals surface area (Å²) in [6, 6.07) is 0. The first-order chi connectivity index (χ1) is 9.40. The van der Waals surface area contributed by atoms with Crippen LogP contribution in [0.15, 0.2) is 15.7 Å². The maximum Gasteiger partial charge on any atom is 0.330 e. The van der Waals surface area contributed by atoms with E-state index in [1.807, 2.05) is 22.6 Å². The number of fused-ring (bicyclic) bond motifs is 1. The predicted octanol–water partition coefficient (Wildman–Crippen LogP) is 0.995. The molecule has 2 heterocycles. The standard InChI is InChI=1S/C13H13IN2O4/c1-4-20-10(17)6-5-9-7(2)15-8(3)11(14)13(19)16(15)12(9)18/h5-6H,4H2,1-3H3/b6-5+. The van der Waals surface area contributed by atoms with Gasteiger partial charge < -0.3 is 4.74 Å². The molecule has 0 N–H and O–H groups in total. The van der Waals surface area contributed by atoms with E-state index in [0.29, 0.717) is 20.5 Å². The molecular weight excluding hydrogens is 375 g/mol. The summed E-state index contributed by atoms with van der Waals surface area (Å²) < 4.78 is 7.93. The molecule has 0 aliphatic carbocycles. The molecule has 0 aliphatic rings. The van der Waals surface area contributed by atoms with Crippen molar-refractivity contribution in [3.8, 4) is 0 Å². The van der Waals surface area contributed by atoms with Crippen molar-refractivity contribution in [3.63, 3.8) is 0 Å². The fraction of sp³-hybridized carbons (Fsp3) is 0.308. The minimum Gasteiger partial charge on any atom is -0.463 e. The van der Waals surface area contributed by atoms with Crippen molar-refractivity contribution >= 4 is 34.6 Å². The minimum atomic E-state index is -0.518. The average Bonchev–Trinajstić information content (AvgIpc) is 2.78. The van der Waals surface area contributed by atoms with Crippen molar-refractivity contribution < 1.29 is 9.53 Å². The van der Waals surface area contributed by atoms with Gasteiger partial charge in [-0.1, -0.05) is 0 Å². The van der Waals surface area contributed by atoms with E-state index in [9.17, 15) is 14.4 Å². The molecule has 2 aromatic rings. The monoisotopic (exact) mass is 388 g/mol. The van der Waals surface area contributed by atoms with E-state index in [1.54, 1.807) is 25.3 Å². The summed E-state index contributed by atoms with van der Waals surface area (Å²) in [5.41, 5.74) is 0.870. The second-order valence-corrected chi connectivity index (χ2v) is 5.30. The average molecular weight is 388 g/mol. The molecule has 0 atom stereocenters. The zero-order valence-corrected chi connectivity index (χ0v) is 13.4. The van der Waals surface area contributed by atoms with E-state index in [-0.39, 0.29) is 12.2 Å². The van der Waals surface area contributed by atoms with Crippen LogP contribution in [0, 0.1) is 17.4 Å². The molecular formula is C13H13IN2O4. The lowest BCUT2D eigenvalue weighted by Crippen LogP contribution is -2.23. The van der Waals surface area contributed by atoms with Crippen molar-refractivity contribution in [2.45, 2.75) is 20.8 Å². The molecule has 0 radical (unpaired) electrons. The number of esters is 1. The molecule has 0 unspecified atom stereocenters. The van der Waals surface area contributed by atoms with Crippen LogP contribution >= 0.6 is 22.6 Å². The molecule has 0 saturated heterocycles. The van der Waals surface area contributed by atoms with E-state index in [1.165, 1.54) is 12.2 Å². The molecule has 6 nitrogen and oxygen atoms in total. The lowest BCUT2D eigenvalue weighted by molar-refractivity contribution is -0.137. The van der Waals surface area contributed by atoms with Crippen molar-refractivity contribution in [3.05, 3.63) is 47.3 Å². The smallest absolute Gasteiger partial charge is 0.330 e. The SMILES string of the molecule is CCOC(=O)/C=C/c1c(C)n2c(C)c(I)c(=O)n2c1=O. The molecule has 0 aromatic carbocycles. The number of aryl methyl sites for hydroxylation is 2. The number of halogens is 1. The van der Waals surface area contributed by atoms with Gasteiger partial charge >= 0.3 is 5.97 Å². The summed E-state index contributed by atoms with van der Waals surface area (Å²) in [5.74, 6) is -0.518. The maximum absolute atomic E-state index is 12.2. The van der Waals surface area contributed by atoms with Gasteiger partial charge in [0.1, 0.15) is 3.57 Å². The Balaban J connectivity index is 2.63. The maximum atomic E-state index is 12.2. The zero-order valence-electron chi connectivity index (χ0n) is 11.3. The molecule has 2 aromatic heterocycles. The summed E-state index contributed by atoms with van der Waals surface area (Å²) in [6.07, 6.45) is 2.58. The lowest BCUT2D eigenvalue weighted by atomic mass is 10.2. The summed E-state index contributed by atoms with van der Waals surface area (Å²) in [4.78, 5) is 35.5. The fourth-order valence-corrected chi connectivity index (χ4v) is 2.54. The molecule has 0 amide bonds. The molecule has 0 aliphatic heterocycles. The molecule has 7 heteroatoms. The number of aromatic nitrogens is 2. The Morgan fingerprint density at radius 3 is 2.40 bits per heavy atom. The Labute approximate surface area is 128 Å². The third-order valence-corrected chi connectivity index (χ3v) is 4.26. The number of carbonyl (C=O) groups excluding carboxylic acids is 1. The molecule has 0 spiro atoms. The predicted molar refractivity (Wildman–Crippen MR) is 82.4 cm³/mol. The van der Waals surface area contributed by atoms with Crippen LogP contribution in [0.5, 0.6) is 0 Å². The van der Waals surface area contributed by atoms with Crippen molar-refractivity contribution in [1.82, 2.24) is 9.03 Å². The number of ether oxygens (including phenoxy) is 1. The van der Waals surface area contributed by atoms with Gasteiger partial charge in [0.25, 0.3) is 11.1 Å². The van der Waals surface area contributed by atoms with Crippen LogP contribution in [0.1, 0.15) is 23.9 Å². The number of carbonyl (C=O) groups is 1. The van der Waals surface area contributed by atoms with E-state index in [0.717, 1.165) is 4.52 Å². The largest absolute Gasteiger partial charge is 0.463 e. The Bertz CT molecular complexity index is 816. The van der Waals surface area contributed by atoms with Gasteiger partial charge in [-0.3, -0.25) is 14.1 Å². The van der Waals surface area contributed by atoms with Crippen LogP contribution in [0.25, 0.3) is 6.08 Å². The van der Waals surface area contributed by atoms with Gasteiger partial charge in [-0.25, -0.2) is 4.79 Å². The summed E-state index contributed by atoms with van der Waals surface area (Å²) >= 11 is 1.92. The quantitative estimate of drug-likeness (QED) is 0.447. The van der Waals surface area contributed by atoms with Crippen molar-refractivity contribution in [1.29, 1.82) is 0 Å². The molecule has 20 heavy (non-hydrogen) atoms. The molecule has 0 saturated carbocycles. The van der Waals surface area contributed by atoms with Gasteiger partial charge in [0.05, 0.1) is 23.6 Å². The van der Waals surface area contributed by atoms with Crippen LogP contribution in [0.2, 0.25) is 0 Å². The van der Waals surface area contributed by atoms with Gasteiger partial charge in [0, 0.05) is 6.08 Å². The van der Waals surface area contributed by atoms with Crippen LogP contribution in [-0.2, 0) is 9.53 Å². The summed E-state index contributed by atoms with van der Waals surface area (Å²) in [5, 5.41) is 0. The van der Waals surface area contributed by atoms with Crippen LogP contribution in [0.4, 0.5) is 0 Å². The normalized spacial score (nSPS) is 11.6. The zero-order chi connectivity index (χ0) is 15.0. The molecule has 106 valence electrons. The van der Waals surface area contributed by atoms with Gasteiger partial charge in [0.2, 0.25) is 0 Å². The Hall–Kier alpha value is -1.64. The fourth-order valence-electron chi connectivity index (χ4n) is 2.08. The minimum absolute atomic E-state index is 0.270. The van der Waals surface area contributed by atoms with Gasteiger partial charge in [-0.2, -0.15) is 4.52 Å². The van der Waals surface area contributed by atoms with E-state index >= 15 is 0 Å². The topological polar surface area (TPSA) is 69.3 Å². The van der Waals surface area contributed by atoms with E-state index < -0.39 is 11.5 Å². The molecule has 2 rings (SSSR count). The highest BCUT2D eigenvalue weighted by Crippen LogP contribution is 2.12. The molecule has 0 fully saturated rings. The first-order valence-electron chi connectivity index (χ1n) is 6.01. The first kappa shape index (κ1) is 14.8. The van der Waals surface area contributed by atoms with Gasteiger partial charge in [0.15, 0.2) is 0 Å². The summed E-state index contributed by atoms with van der Waals surface area (Å²) in [6.45, 7) is 5.47. The molecule has 0 bridgehead atoms. The Kier molecular flexibility index (Phi) is 3.98.